The molecule has 5 heteroatoms. The molecule has 0 spiro atoms. The fraction of sp³-hybridized carbons (Fsp3) is 0.235. The van der Waals surface area contributed by atoms with Gasteiger partial charge >= 0.3 is 0 Å². The highest BCUT2D eigenvalue weighted by Gasteiger charge is 2.08. The Morgan fingerprint density at radius 1 is 1.09 bits per heavy atom. The van der Waals surface area contributed by atoms with Crippen LogP contribution in [-0.4, -0.2) is 26.5 Å². The minimum atomic E-state index is 0.693. The van der Waals surface area contributed by atoms with Gasteiger partial charge in [0.15, 0.2) is 0 Å². The van der Waals surface area contributed by atoms with Crippen LogP contribution in [0.25, 0.3) is 0 Å². The summed E-state index contributed by atoms with van der Waals surface area (Å²) in [6.07, 6.45) is 5.62. The molecule has 0 fully saturated rings. The quantitative estimate of drug-likeness (QED) is 0.701. The van der Waals surface area contributed by atoms with Crippen LogP contribution in [0.5, 0.6) is 0 Å². The standard InChI is InChI=1S/C17H19N5/c1-2-21(17-8-4-3-5-9-17)13-16-14-22(20-19-16)12-15-7-6-10-18-11-15/h3-11,14H,2,12-13H2,1H3. The highest BCUT2D eigenvalue weighted by molar-refractivity contribution is 5.45. The van der Waals surface area contributed by atoms with Crippen LogP contribution in [0.2, 0.25) is 0 Å². The second-order valence-corrected chi connectivity index (χ2v) is 5.12. The number of benzene rings is 1. The minimum Gasteiger partial charge on any atom is -0.366 e. The number of rotatable bonds is 6. The van der Waals surface area contributed by atoms with Gasteiger partial charge in [0.25, 0.3) is 0 Å². The summed E-state index contributed by atoms with van der Waals surface area (Å²) in [6, 6.07) is 14.3. The fourth-order valence-electron chi connectivity index (χ4n) is 2.39. The summed E-state index contributed by atoms with van der Waals surface area (Å²) in [6.45, 7) is 4.53. The molecule has 0 saturated heterocycles. The number of aromatic nitrogens is 4. The first-order valence-electron chi connectivity index (χ1n) is 7.43. The van der Waals surface area contributed by atoms with Gasteiger partial charge in [0.2, 0.25) is 0 Å². The van der Waals surface area contributed by atoms with Gasteiger partial charge in [-0.3, -0.25) is 4.98 Å². The molecule has 0 bridgehead atoms. The van der Waals surface area contributed by atoms with Gasteiger partial charge in [0.1, 0.15) is 5.69 Å². The third kappa shape index (κ3) is 3.49. The van der Waals surface area contributed by atoms with Gasteiger partial charge in [-0.2, -0.15) is 0 Å². The van der Waals surface area contributed by atoms with E-state index in [1.165, 1.54) is 5.69 Å². The predicted octanol–water partition coefficient (Wildman–Crippen LogP) is 2.75. The molecule has 5 nitrogen and oxygen atoms in total. The van der Waals surface area contributed by atoms with Gasteiger partial charge in [-0.05, 0) is 30.7 Å². The maximum Gasteiger partial charge on any atom is 0.102 e. The van der Waals surface area contributed by atoms with Crippen molar-refractivity contribution in [3.63, 3.8) is 0 Å². The Bertz CT molecular complexity index is 693. The number of nitrogens with zero attached hydrogens (tertiary/aromatic N) is 5. The van der Waals surface area contributed by atoms with E-state index in [-0.39, 0.29) is 0 Å². The van der Waals surface area contributed by atoms with Gasteiger partial charge < -0.3 is 4.90 Å². The van der Waals surface area contributed by atoms with Gasteiger partial charge in [0.05, 0.1) is 19.3 Å². The largest absolute Gasteiger partial charge is 0.366 e. The number of para-hydroxylation sites is 1. The Balaban J connectivity index is 1.68. The summed E-state index contributed by atoms with van der Waals surface area (Å²) in [5.74, 6) is 0. The summed E-state index contributed by atoms with van der Waals surface area (Å²) in [7, 11) is 0. The van der Waals surface area contributed by atoms with Gasteiger partial charge in [-0.25, -0.2) is 4.68 Å². The van der Waals surface area contributed by atoms with E-state index < -0.39 is 0 Å². The van der Waals surface area contributed by atoms with Crippen molar-refractivity contribution in [3.05, 3.63) is 72.3 Å². The highest BCUT2D eigenvalue weighted by Crippen LogP contribution is 2.15. The molecule has 0 atom stereocenters. The molecule has 0 aliphatic rings. The zero-order chi connectivity index (χ0) is 15.2. The Labute approximate surface area is 130 Å². The van der Waals surface area contributed by atoms with Crippen LogP contribution in [0.3, 0.4) is 0 Å². The first kappa shape index (κ1) is 14.3. The van der Waals surface area contributed by atoms with Crippen molar-refractivity contribution in [1.29, 1.82) is 0 Å². The molecule has 0 radical (unpaired) electrons. The number of anilines is 1. The number of hydrogen-bond acceptors (Lipinski definition) is 4. The van der Waals surface area contributed by atoms with Crippen molar-refractivity contribution in [2.75, 3.05) is 11.4 Å². The van der Waals surface area contributed by atoms with Crippen LogP contribution in [0, 0.1) is 0 Å². The van der Waals surface area contributed by atoms with Crippen LogP contribution < -0.4 is 4.90 Å². The fourth-order valence-corrected chi connectivity index (χ4v) is 2.39. The van der Waals surface area contributed by atoms with Crippen LogP contribution >= 0.6 is 0 Å². The summed E-state index contributed by atoms with van der Waals surface area (Å²) >= 11 is 0. The second kappa shape index (κ2) is 6.85. The van der Waals surface area contributed by atoms with Crippen molar-refractivity contribution in [1.82, 2.24) is 20.0 Å². The molecule has 2 heterocycles. The molecular formula is C17H19N5. The molecule has 3 rings (SSSR count). The van der Waals surface area contributed by atoms with Crippen molar-refractivity contribution < 1.29 is 0 Å². The van der Waals surface area contributed by atoms with E-state index in [4.69, 9.17) is 0 Å². The molecule has 0 saturated carbocycles. The molecule has 0 aliphatic carbocycles. The topological polar surface area (TPSA) is 46.8 Å². The molecule has 22 heavy (non-hydrogen) atoms. The second-order valence-electron chi connectivity index (χ2n) is 5.12. The first-order chi connectivity index (χ1) is 10.8. The van der Waals surface area contributed by atoms with Crippen molar-refractivity contribution in [2.45, 2.75) is 20.0 Å². The Morgan fingerprint density at radius 2 is 1.95 bits per heavy atom. The molecule has 1 aromatic carbocycles. The van der Waals surface area contributed by atoms with E-state index in [9.17, 15) is 0 Å². The van der Waals surface area contributed by atoms with E-state index in [0.717, 1.165) is 24.3 Å². The number of hydrogen-bond donors (Lipinski definition) is 0. The third-order valence-electron chi connectivity index (χ3n) is 3.51. The zero-order valence-electron chi connectivity index (χ0n) is 12.6. The lowest BCUT2D eigenvalue weighted by Crippen LogP contribution is -2.22. The minimum absolute atomic E-state index is 0.693. The van der Waals surface area contributed by atoms with Gasteiger partial charge in [0, 0.05) is 24.6 Å². The Kier molecular flexibility index (Phi) is 4.44. The van der Waals surface area contributed by atoms with Crippen molar-refractivity contribution in [3.8, 4) is 0 Å². The van der Waals surface area contributed by atoms with E-state index in [1.807, 2.05) is 35.3 Å². The lowest BCUT2D eigenvalue weighted by molar-refractivity contribution is 0.647. The summed E-state index contributed by atoms with van der Waals surface area (Å²) < 4.78 is 1.85. The molecule has 3 aromatic rings. The molecule has 2 aromatic heterocycles. The van der Waals surface area contributed by atoms with Crippen LogP contribution in [-0.2, 0) is 13.1 Å². The average molecular weight is 293 g/mol. The normalized spacial score (nSPS) is 10.6. The van der Waals surface area contributed by atoms with Crippen LogP contribution in [0.1, 0.15) is 18.2 Å². The van der Waals surface area contributed by atoms with Crippen LogP contribution in [0.4, 0.5) is 5.69 Å². The Morgan fingerprint density at radius 3 is 2.68 bits per heavy atom. The average Bonchev–Trinajstić information content (AvgIpc) is 3.01. The summed E-state index contributed by atoms with van der Waals surface area (Å²) in [4.78, 5) is 6.40. The SMILES string of the molecule is CCN(Cc1cn(Cc2cccnc2)nn1)c1ccccc1. The molecule has 0 aliphatic heterocycles. The van der Waals surface area contributed by atoms with E-state index >= 15 is 0 Å². The third-order valence-corrected chi connectivity index (χ3v) is 3.51. The van der Waals surface area contributed by atoms with E-state index in [2.05, 4.69) is 51.4 Å². The summed E-state index contributed by atoms with van der Waals surface area (Å²) in [5, 5.41) is 8.48. The highest BCUT2D eigenvalue weighted by atomic mass is 15.4. The lowest BCUT2D eigenvalue weighted by atomic mass is 10.2. The Hall–Kier alpha value is -2.69. The van der Waals surface area contributed by atoms with Gasteiger partial charge in [-0.1, -0.05) is 29.5 Å². The lowest BCUT2D eigenvalue weighted by Gasteiger charge is -2.21. The monoisotopic (exact) mass is 293 g/mol. The predicted molar refractivity (Wildman–Crippen MR) is 86.5 cm³/mol. The molecule has 0 amide bonds. The summed E-state index contributed by atoms with van der Waals surface area (Å²) in [5.41, 5.74) is 3.29. The smallest absolute Gasteiger partial charge is 0.102 e. The van der Waals surface area contributed by atoms with Crippen molar-refractivity contribution in [2.24, 2.45) is 0 Å². The maximum atomic E-state index is 4.28. The molecule has 112 valence electrons. The van der Waals surface area contributed by atoms with Crippen LogP contribution in [0.15, 0.2) is 61.1 Å². The van der Waals surface area contributed by atoms with E-state index in [1.54, 1.807) is 6.20 Å². The maximum absolute atomic E-state index is 4.28. The molecule has 0 unspecified atom stereocenters. The van der Waals surface area contributed by atoms with Gasteiger partial charge in [-0.15, -0.1) is 5.10 Å². The molecule has 0 N–H and O–H groups in total. The number of pyridine rings is 1. The zero-order valence-corrected chi connectivity index (χ0v) is 12.6. The molecular weight excluding hydrogens is 274 g/mol. The van der Waals surface area contributed by atoms with E-state index in [0.29, 0.717) is 6.54 Å². The first-order valence-corrected chi connectivity index (χ1v) is 7.43. The van der Waals surface area contributed by atoms with Crippen molar-refractivity contribution >= 4 is 5.69 Å².